The molecule has 0 saturated carbocycles. The number of rotatable bonds is 7. The number of fused-ring (bicyclic) bond motifs is 1. The van der Waals surface area contributed by atoms with E-state index in [2.05, 4.69) is 0 Å². The summed E-state index contributed by atoms with van der Waals surface area (Å²) in [6, 6.07) is 6.89. The molecule has 8 N–H and O–H groups in total. The highest BCUT2D eigenvalue weighted by atomic mass is 16.8. The molecule has 0 amide bonds. The Hall–Kier alpha value is -3.25. The SMILES string of the molecule is COc1ccc([C@@H]2CC(=O)c3c(O)cc(O[C@@H]4O[C@@H](CO)[C@@H](O)[C@@H](O)[C@H]4O[C@@H]4O[C@H](C)[C@H](O)[C@H](O)[C@H]4O)cc3O2)cc1O. The first-order valence-corrected chi connectivity index (χ1v) is 13.5. The Bertz CT molecular complexity index is 1320. The Morgan fingerprint density at radius 3 is 2.30 bits per heavy atom. The summed E-state index contributed by atoms with van der Waals surface area (Å²) in [5.41, 5.74) is 0.352. The lowest BCUT2D eigenvalue weighted by atomic mass is 9.95. The van der Waals surface area contributed by atoms with Crippen molar-refractivity contribution in [1.29, 1.82) is 0 Å². The average Bonchev–Trinajstić information content (AvgIpc) is 2.97. The summed E-state index contributed by atoms with van der Waals surface area (Å²) in [4.78, 5) is 13.0. The van der Waals surface area contributed by atoms with Crippen LogP contribution >= 0.6 is 0 Å². The van der Waals surface area contributed by atoms with Crippen molar-refractivity contribution in [2.75, 3.05) is 13.7 Å². The van der Waals surface area contributed by atoms with Crippen molar-refractivity contribution in [1.82, 2.24) is 0 Å². The lowest BCUT2D eigenvalue weighted by molar-refractivity contribution is -0.354. The van der Waals surface area contributed by atoms with Crippen LogP contribution in [0.1, 0.15) is 35.4 Å². The number of Topliss-reactive ketones (excluding diaryl/α,β-unsaturated/α-hetero) is 1. The summed E-state index contributed by atoms with van der Waals surface area (Å²) in [5.74, 6) is -1.06. The molecule has 0 radical (unpaired) electrons. The first kappa shape index (κ1) is 31.2. The van der Waals surface area contributed by atoms with E-state index in [1.807, 2.05) is 0 Å². The molecule has 0 spiro atoms. The Kier molecular flexibility index (Phi) is 8.99. The van der Waals surface area contributed by atoms with E-state index in [1.165, 1.54) is 32.2 Å². The zero-order chi connectivity index (χ0) is 31.2. The number of hydrogen-bond donors (Lipinski definition) is 8. The maximum Gasteiger partial charge on any atom is 0.229 e. The van der Waals surface area contributed by atoms with Crippen molar-refractivity contribution in [2.24, 2.45) is 0 Å². The molecule has 0 aliphatic carbocycles. The summed E-state index contributed by atoms with van der Waals surface area (Å²) in [6.45, 7) is 0.699. The highest BCUT2D eigenvalue weighted by molar-refractivity contribution is 6.02. The van der Waals surface area contributed by atoms with Gasteiger partial charge in [-0.1, -0.05) is 6.07 Å². The molecule has 2 saturated heterocycles. The molecule has 2 aromatic rings. The lowest BCUT2D eigenvalue weighted by Gasteiger charge is -2.45. The van der Waals surface area contributed by atoms with Gasteiger partial charge in [0.2, 0.25) is 6.29 Å². The van der Waals surface area contributed by atoms with E-state index in [-0.39, 0.29) is 35.0 Å². The van der Waals surface area contributed by atoms with Gasteiger partial charge in [-0.05, 0) is 24.6 Å². The van der Waals surface area contributed by atoms with E-state index in [9.17, 15) is 45.6 Å². The standard InChI is InChI=1S/C28H34O15/c1-10-21(33)23(35)25(37)27(39-10)43-26-24(36)22(34)19(9-29)42-28(26)40-12-6-14(31)20-15(32)8-17(41-18(20)7-12)11-3-4-16(38-2)13(30)5-11/h3-7,10,17,19,21-31,33-37H,8-9H2,1-2H3/t10-,17+,19+,21+,22-,23+,24-,25-,26-,27+,28-/m1/s1. The van der Waals surface area contributed by atoms with Crippen LogP contribution in [0.5, 0.6) is 28.7 Å². The molecule has 2 aromatic carbocycles. The van der Waals surface area contributed by atoms with Gasteiger partial charge >= 0.3 is 0 Å². The average molecular weight is 611 g/mol. The van der Waals surface area contributed by atoms with E-state index >= 15 is 0 Å². The van der Waals surface area contributed by atoms with E-state index in [1.54, 1.807) is 6.07 Å². The summed E-state index contributed by atoms with van der Waals surface area (Å²) >= 11 is 0. The van der Waals surface area contributed by atoms with E-state index < -0.39 is 85.7 Å². The van der Waals surface area contributed by atoms with Crippen molar-refractivity contribution in [3.05, 3.63) is 41.5 Å². The highest BCUT2D eigenvalue weighted by Crippen LogP contribution is 2.43. The number of ether oxygens (including phenoxy) is 6. The van der Waals surface area contributed by atoms with Crippen LogP contribution in [-0.4, -0.2) is 122 Å². The molecule has 11 atom stereocenters. The molecule has 3 aliphatic rings. The van der Waals surface area contributed by atoms with E-state index in [4.69, 9.17) is 28.4 Å². The van der Waals surface area contributed by atoms with E-state index in [0.717, 1.165) is 6.07 Å². The molecule has 0 unspecified atom stereocenters. The van der Waals surface area contributed by atoms with E-state index in [0.29, 0.717) is 5.56 Å². The Labute approximate surface area is 245 Å². The molecule has 0 bridgehead atoms. The van der Waals surface area contributed by atoms with Crippen molar-refractivity contribution in [3.63, 3.8) is 0 Å². The van der Waals surface area contributed by atoms with Gasteiger partial charge < -0.3 is 69.3 Å². The lowest BCUT2D eigenvalue weighted by Crippen LogP contribution is -2.64. The van der Waals surface area contributed by atoms with Crippen LogP contribution in [0.3, 0.4) is 0 Å². The van der Waals surface area contributed by atoms with Gasteiger partial charge in [-0.2, -0.15) is 0 Å². The number of aliphatic hydroxyl groups is 6. The molecule has 0 aromatic heterocycles. The van der Waals surface area contributed by atoms with Crippen LogP contribution in [0.2, 0.25) is 0 Å². The molecule has 2 fully saturated rings. The Balaban J connectivity index is 1.41. The third-order valence-electron chi connectivity index (χ3n) is 7.72. The minimum atomic E-state index is -1.76. The molecule has 236 valence electrons. The van der Waals surface area contributed by atoms with Crippen LogP contribution < -0.4 is 14.2 Å². The predicted molar refractivity (Wildman–Crippen MR) is 141 cm³/mol. The molecule has 43 heavy (non-hydrogen) atoms. The van der Waals surface area contributed by atoms with Crippen LogP contribution in [-0.2, 0) is 14.2 Å². The Morgan fingerprint density at radius 1 is 0.884 bits per heavy atom. The quantitative estimate of drug-likeness (QED) is 0.185. The molecule has 15 heteroatoms. The number of hydrogen-bond acceptors (Lipinski definition) is 15. The number of phenolic OH excluding ortho intramolecular Hbond substituents is 2. The summed E-state index contributed by atoms with van der Waals surface area (Å²) in [5, 5.41) is 82.4. The second-order valence-electron chi connectivity index (χ2n) is 10.6. The number of carbonyl (C=O) groups excluding carboxylic acids is 1. The van der Waals surface area contributed by atoms with Crippen molar-refractivity contribution < 1.29 is 74.1 Å². The molecule has 15 nitrogen and oxygen atoms in total. The third-order valence-corrected chi connectivity index (χ3v) is 7.72. The van der Waals surface area contributed by atoms with Gasteiger partial charge in [0.05, 0.1) is 26.2 Å². The topological polar surface area (TPSA) is 234 Å². The van der Waals surface area contributed by atoms with Gasteiger partial charge in [0.15, 0.2) is 29.7 Å². The first-order chi connectivity index (χ1) is 20.4. The van der Waals surface area contributed by atoms with Gasteiger partial charge in [-0.3, -0.25) is 4.79 Å². The normalized spacial score (nSPS) is 36.0. The van der Waals surface area contributed by atoms with Crippen LogP contribution in [0.15, 0.2) is 30.3 Å². The maximum absolute atomic E-state index is 13.0. The molecule has 3 heterocycles. The van der Waals surface area contributed by atoms with Gasteiger partial charge in [-0.15, -0.1) is 0 Å². The number of aliphatic hydroxyl groups excluding tert-OH is 6. The summed E-state index contributed by atoms with van der Waals surface area (Å²) in [6.07, 6.45) is -16.3. The van der Waals surface area contributed by atoms with Gasteiger partial charge in [0, 0.05) is 12.1 Å². The molecular weight excluding hydrogens is 576 g/mol. The second-order valence-corrected chi connectivity index (χ2v) is 10.6. The fraction of sp³-hybridized carbons (Fsp3) is 0.536. The van der Waals surface area contributed by atoms with Crippen molar-refractivity contribution in [2.45, 2.75) is 80.9 Å². The zero-order valence-electron chi connectivity index (χ0n) is 23.1. The van der Waals surface area contributed by atoms with Crippen LogP contribution in [0.25, 0.3) is 0 Å². The predicted octanol–water partition coefficient (Wildman–Crippen LogP) is -1.16. The van der Waals surface area contributed by atoms with Crippen molar-refractivity contribution >= 4 is 5.78 Å². The fourth-order valence-corrected chi connectivity index (χ4v) is 5.29. The number of benzene rings is 2. The number of aromatic hydroxyl groups is 2. The zero-order valence-corrected chi connectivity index (χ0v) is 23.1. The van der Waals surface area contributed by atoms with Crippen molar-refractivity contribution in [3.8, 4) is 28.7 Å². The number of carbonyl (C=O) groups is 1. The van der Waals surface area contributed by atoms with Gasteiger partial charge in [0.1, 0.15) is 65.5 Å². The summed E-state index contributed by atoms with van der Waals surface area (Å²) in [7, 11) is 1.39. The number of methoxy groups -OCH3 is 1. The third kappa shape index (κ3) is 5.95. The molecule has 5 rings (SSSR count). The van der Waals surface area contributed by atoms with Gasteiger partial charge in [0.25, 0.3) is 0 Å². The van der Waals surface area contributed by atoms with Crippen LogP contribution in [0, 0.1) is 0 Å². The smallest absolute Gasteiger partial charge is 0.229 e. The first-order valence-electron chi connectivity index (χ1n) is 13.5. The molecule has 3 aliphatic heterocycles. The Morgan fingerprint density at radius 2 is 1.63 bits per heavy atom. The largest absolute Gasteiger partial charge is 0.507 e. The monoisotopic (exact) mass is 610 g/mol. The molecular formula is C28H34O15. The number of ketones is 1. The van der Waals surface area contributed by atoms with Gasteiger partial charge in [-0.25, -0.2) is 0 Å². The highest BCUT2D eigenvalue weighted by Gasteiger charge is 2.51. The summed E-state index contributed by atoms with van der Waals surface area (Å²) < 4.78 is 33.7. The minimum absolute atomic E-state index is 0.0592. The van der Waals surface area contributed by atoms with Crippen LogP contribution in [0.4, 0.5) is 0 Å². The fourth-order valence-electron chi connectivity index (χ4n) is 5.29. The maximum atomic E-state index is 13.0. The second kappa shape index (κ2) is 12.4. The number of phenols is 2. The minimum Gasteiger partial charge on any atom is -0.507 e.